The van der Waals surface area contributed by atoms with Gasteiger partial charge in [-0.05, 0) is 13.1 Å². The molecule has 0 aliphatic carbocycles. The predicted molar refractivity (Wildman–Crippen MR) is 94.0 cm³/mol. The predicted octanol–water partition coefficient (Wildman–Crippen LogP) is 2.51. The fourth-order valence-electron chi connectivity index (χ4n) is 2.45. The summed E-state index contributed by atoms with van der Waals surface area (Å²) in [7, 11) is 0. The minimum absolute atomic E-state index is 0.301. The lowest BCUT2D eigenvalue weighted by Crippen LogP contribution is -2.23. The van der Waals surface area contributed by atoms with Crippen LogP contribution >= 0.6 is 11.3 Å². The summed E-state index contributed by atoms with van der Waals surface area (Å²) in [5.41, 5.74) is -0.415. The van der Waals surface area contributed by atoms with E-state index in [1.165, 1.54) is 23.5 Å². The molecule has 0 bridgehead atoms. The second kappa shape index (κ2) is 7.09. The maximum atomic E-state index is 11.1. The van der Waals surface area contributed by atoms with Crippen LogP contribution in [0.2, 0.25) is 0 Å². The Bertz CT molecular complexity index is 947. The molecule has 136 valence electrons. The second-order valence-corrected chi connectivity index (χ2v) is 6.39. The first-order chi connectivity index (χ1) is 12.4. The van der Waals surface area contributed by atoms with Crippen LogP contribution in [0.3, 0.4) is 0 Å². The van der Waals surface area contributed by atoms with Crippen molar-refractivity contribution in [1.82, 2.24) is 24.7 Å². The lowest BCUT2D eigenvalue weighted by atomic mass is 10.2. The SMILES string of the molecule is CCN(CC)Cc1nnc2sc(-c3cc([N+](=O)[O-])cc([N+](=O)[O-])c3)nn12. The van der Waals surface area contributed by atoms with Crippen LogP contribution in [0.1, 0.15) is 19.7 Å². The number of hydrogen-bond acceptors (Lipinski definition) is 9. The largest absolute Gasteiger partial charge is 0.296 e. The Labute approximate surface area is 151 Å². The van der Waals surface area contributed by atoms with Gasteiger partial charge in [0, 0.05) is 17.7 Å². The van der Waals surface area contributed by atoms with Crippen molar-refractivity contribution in [1.29, 1.82) is 0 Å². The van der Waals surface area contributed by atoms with Gasteiger partial charge < -0.3 is 0 Å². The Morgan fingerprint density at radius 2 is 1.69 bits per heavy atom. The molecule has 2 aromatic heterocycles. The first-order valence-corrected chi connectivity index (χ1v) is 8.62. The molecule has 2 heterocycles. The fraction of sp³-hybridized carbons (Fsp3) is 0.357. The average molecular weight is 377 g/mol. The second-order valence-electron chi connectivity index (χ2n) is 5.43. The summed E-state index contributed by atoms with van der Waals surface area (Å²) in [6.07, 6.45) is 0. The molecule has 0 fully saturated rings. The number of rotatable bonds is 7. The molecule has 0 amide bonds. The van der Waals surface area contributed by atoms with E-state index in [9.17, 15) is 20.2 Å². The van der Waals surface area contributed by atoms with Gasteiger partial charge in [-0.15, -0.1) is 10.2 Å². The molecule has 0 spiro atoms. The van der Waals surface area contributed by atoms with E-state index in [2.05, 4.69) is 20.2 Å². The molecule has 0 aliphatic rings. The van der Waals surface area contributed by atoms with Gasteiger partial charge in [0.25, 0.3) is 11.4 Å². The number of nitro benzene ring substituents is 2. The van der Waals surface area contributed by atoms with Crippen LogP contribution in [-0.2, 0) is 6.54 Å². The third-order valence-electron chi connectivity index (χ3n) is 3.89. The topological polar surface area (TPSA) is 133 Å². The third kappa shape index (κ3) is 3.36. The van der Waals surface area contributed by atoms with Gasteiger partial charge in [-0.25, -0.2) is 0 Å². The van der Waals surface area contributed by atoms with Crippen molar-refractivity contribution in [2.45, 2.75) is 20.4 Å². The highest BCUT2D eigenvalue weighted by Crippen LogP contribution is 2.32. The van der Waals surface area contributed by atoms with Crippen molar-refractivity contribution in [3.63, 3.8) is 0 Å². The summed E-state index contributed by atoms with van der Waals surface area (Å²) in [6.45, 7) is 6.33. The first-order valence-electron chi connectivity index (χ1n) is 7.80. The van der Waals surface area contributed by atoms with Gasteiger partial charge in [0.05, 0.1) is 22.5 Å². The zero-order chi connectivity index (χ0) is 18.8. The molecule has 11 nitrogen and oxygen atoms in total. The maximum Gasteiger partial charge on any atom is 0.277 e. The smallest absolute Gasteiger partial charge is 0.277 e. The Morgan fingerprint density at radius 3 is 2.23 bits per heavy atom. The molecule has 0 saturated carbocycles. The van der Waals surface area contributed by atoms with Gasteiger partial charge in [0.1, 0.15) is 5.01 Å². The molecule has 3 aromatic rings. The number of nitro groups is 2. The summed E-state index contributed by atoms with van der Waals surface area (Å²) in [5, 5.41) is 35.1. The normalized spacial score (nSPS) is 11.3. The number of hydrogen-bond donors (Lipinski definition) is 0. The molecule has 0 atom stereocenters. The fourth-order valence-corrected chi connectivity index (χ4v) is 3.29. The lowest BCUT2D eigenvalue weighted by Gasteiger charge is -2.15. The third-order valence-corrected chi connectivity index (χ3v) is 4.83. The van der Waals surface area contributed by atoms with Gasteiger partial charge in [0.15, 0.2) is 5.82 Å². The summed E-state index contributed by atoms with van der Waals surface area (Å²) >= 11 is 1.17. The highest BCUT2D eigenvalue weighted by Gasteiger charge is 2.21. The number of benzene rings is 1. The van der Waals surface area contributed by atoms with Crippen LogP contribution in [-0.4, -0.2) is 47.6 Å². The van der Waals surface area contributed by atoms with E-state index in [1.807, 2.05) is 13.8 Å². The van der Waals surface area contributed by atoms with Crippen LogP contribution in [0.4, 0.5) is 11.4 Å². The molecule has 0 saturated heterocycles. The molecule has 12 heteroatoms. The molecule has 0 aliphatic heterocycles. The molecular formula is C14H15N7O4S. The summed E-state index contributed by atoms with van der Waals surface area (Å²) in [4.78, 5) is 23.5. The van der Waals surface area contributed by atoms with E-state index < -0.39 is 9.85 Å². The van der Waals surface area contributed by atoms with Gasteiger partial charge in [0.2, 0.25) is 4.96 Å². The highest BCUT2D eigenvalue weighted by molar-refractivity contribution is 7.19. The van der Waals surface area contributed by atoms with Crippen molar-refractivity contribution in [2.75, 3.05) is 13.1 Å². The molecular weight excluding hydrogens is 362 g/mol. The van der Waals surface area contributed by atoms with Gasteiger partial charge in [-0.1, -0.05) is 25.2 Å². The van der Waals surface area contributed by atoms with Crippen LogP contribution < -0.4 is 0 Å². The summed E-state index contributed by atoms with van der Waals surface area (Å²) in [5.74, 6) is 0.645. The summed E-state index contributed by atoms with van der Waals surface area (Å²) < 4.78 is 1.57. The Hall–Kier alpha value is -2.99. The number of fused-ring (bicyclic) bond motifs is 1. The maximum absolute atomic E-state index is 11.1. The van der Waals surface area contributed by atoms with Crippen molar-refractivity contribution >= 4 is 27.7 Å². The first kappa shape index (κ1) is 17.8. The minimum atomic E-state index is -0.664. The van der Waals surface area contributed by atoms with E-state index in [0.717, 1.165) is 19.2 Å². The van der Waals surface area contributed by atoms with Crippen molar-refractivity contribution < 1.29 is 9.85 Å². The quantitative estimate of drug-likeness (QED) is 0.453. The standard InChI is InChI=1S/C14H15N7O4S/c1-3-18(4-2)8-12-15-16-14-19(12)17-13(26-14)9-5-10(20(22)23)7-11(6-9)21(24)25/h5-7H,3-4,8H2,1-2H3. The van der Waals surface area contributed by atoms with E-state index in [-0.39, 0.29) is 11.4 Å². The number of non-ortho nitro benzene ring substituents is 2. The minimum Gasteiger partial charge on any atom is -0.296 e. The average Bonchev–Trinajstić information content (AvgIpc) is 3.20. The zero-order valence-electron chi connectivity index (χ0n) is 14.0. The van der Waals surface area contributed by atoms with Gasteiger partial charge in [-0.2, -0.15) is 9.61 Å². The lowest BCUT2D eigenvalue weighted by molar-refractivity contribution is -0.394. The molecule has 0 N–H and O–H groups in total. The molecule has 3 rings (SSSR count). The van der Waals surface area contributed by atoms with Crippen molar-refractivity contribution in [3.8, 4) is 10.6 Å². The van der Waals surface area contributed by atoms with Crippen LogP contribution in [0.5, 0.6) is 0 Å². The van der Waals surface area contributed by atoms with Crippen LogP contribution in [0, 0.1) is 20.2 Å². The Kier molecular flexibility index (Phi) is 4.86. The molecule has 26 heavy (non-hydrogen) atoms. The van der Waals surface area contributed by atoms with E-state index in [4.69, 9.17) is 0 Å². The highest BCUT2D eigenvalue weighted by atomic mass is 32.1. The Morgan fingerprint density at radius 1 is 1.08 bits per heavy atom. The van der Waals surface area contributed by atoms with Crippen LogP contribution in [0.15, 0.2) is 18.2 Å². The van der Waals surface area contributed by atoms with Crippen molar-refractivity contribution in [2.24, 2.45) is 0 Å². The van der Waals surface area contributed by atoms with Gasteiger partial charge in [-0.3, -0.25) is 25.1 Å². The monoisotopic (exact) mass is 377 g/mol. The number of aromatic nitrogens is 4. The van der Waals surface area contributed by atoms with Crippen LogP contribution in [0.25, 0.3) is 15.5 Å². The number of nitrogens with zero attached hydrogens (tertiary/aromatic N) is 7. The molecule has 1 aromatic carbocycles. The Balaban J connectivity index is 2.04. The van der Waals surface area contributed by atoms with Gasteiger partial charge >= 0.3 is 0 Å². The van der Waals surface area contributed by atoms with E-state index in [1.54, 1.807) is 4.52 Å². The zero-order valence-corrected chi connectivity index (χ0v) is 14.8. The molecule has 0 unspecified atom stereocenters. The van der Waals surface area contributed by atoms with Crippen molar-refractivity contribution in [3.05, 3.63) is 44.3 Å². The van der Waals surface area contributed by atoms with E-state index in [0.29, 0.717) is 27.9 Å². The molecule has 0 radical (unpaired) electrons. The summed E-state index contributed by atoms with van der Waals surface area (Å²) in [6, 6.07) is 3.46. The van der Waals surface area contributed by atoms with E-state index >= 15 is 0 Å².